The van der Waals surface area contributed by atoms with Gasteiger partial charge < -0.3 is 4.52 Å². The van der Waals surface area contributed by atoms with Gasteiger partial charge in [-0.1, -0.05) is 5.16 Å². The Morgan fingerprint density at radius 1 is 1.50 bits per heavy atom. The molecule has 1 heterocycles. The first-order chi connectivity index (χ1) is 4.50. The SMILES string of the molecule is FC(F)(F)c1cc(Cl)on1. The minimum Gasteiger partial charge on any atom is -0.344 e. The number of alkyl halides is 3. The van der Waals surface area contributed by atoms with E-state index in [9.17, 15) is 13.2 Å². The average molecular weight is 172 g/mol. The maximum Gasteiger partial charge on any atom is 0.436 e. The molecule has 0 atom stereocenters. The Labute approximate surface area is 58.6 Å². The summed E-state index contributed by atoms with van der Waals surface area (Å²) < 4.78 is 38.8. The molecule has 56 valence electrons. The smallest absolute Gasteiger partial charge is 0.344 e. The van der Waals surface area contributed by atoms with Crippen molar-refractivity contribution in [3.05, 3.63) is 17.0 Å². The second-order valence-electron chi connectivity index (χ2n) is 1.51. The number of hydrogen-bond donors (Lipinski definition) is 0. The normalized spacial score (nSPS) is 12.0. The molecule has 0 amide bonds. The fourth-order valence-electron chi connectivity index (χ4n) is 0.387. The summed E-state index contributed by atoms with van der Waals surface area (Å²) in [7, 11) is 0. The van der Waals surface area contributed by atoms with Gasteiger partial charge in [-0.2, -0.15) is 13.2 Å². The van der Waals surface area contributed by atoms with Crippen LogP contribution >= 0.6 is 11.6 Å². The fraction of sp³-hybridized carbons (Fsp3) is 0.250. The second kappa shape index (κ2) is 2.16. The Bertz CT molecular complexity index is 231. The molecule has 0 aliphatic rings. The van der Waals surface area contributed by atoms with E-state index in [1.807, 2.05) is 0 Å². The molecule has 0 aliphatic carbocycles. The Kier molecular flexibility index (Phi) is 1.60. The van der Waals surface area contributed by atoms with Crippen LogP contribution in [0, 0.1) is 0 Å². The summed E-state index contributed by atoms with van der Waals surface area (Å²) in [5, 5.41) is 2.29. The minimum absolute atomic E-state index is 0.368. The van der Waals surface area contributed by atoms with E-state index in [0.29, 0.717) is 6.07 Å². The van der Waals surface area contributed by atoms with E-state index >= 15 is 0 Å². The van der Waals surface area contributed by atoms with Gasteiger partial charge in [0.05, 0.1) is 0 Å². The molecule has 0 N–H and O–H groups in total. The first kappa shape index (κ1) is 7.40. The molecule has 1 aromatic heterocycles. The third-order valence-electron chi connectivity index (χ3n) is 0.772. The predicted molar refractivity (Wildman–Crippen MR) is 26.5 cm³/mol. The first-order valence-corrected chi connectivity index (χ1v) is 2.57. The highest BCUT2D eigenvalue weighted by atomic mass is 35.5. The summed E-state index contributed by atoms with van der Waals surface area (Å²) in [5.74, 6) is 0. The minimum atomic E-state index is -4.48. The van der Waals surface area contributed by atoms with E-state index in [4.69, 9.17) is 11.6 Å². The molecular weight excluding hydrogens is 170 g/mol. The largest absolute Gasteiger partial charge is 0.436 e. The van der Waals surface area contributed by atoms with Gasteiger partial charge in [-0.05, 0) is 11.6 Å². The highest BCUT2D eigenvalue weighted by Gasteiger charge is 2.34. The van der Waals surface area contributed by atoms with E-state index in [0.717, 1.165) is 0 Å². The van der Waals surface area contributed by atoms with Crippen LogP contribution in [0.1, 0.15) is 5.69 Å². The first-order valence-electron chi connectivity index (χ1n) is 2.19. The van der Waals surface area contributed by atoms with E-state index in [-0.39, 0.29) is 5.22 Å². The maximum absolute atomic E-state index is 11.6. The van der Waals surface area contributed by atoms with Crippen LogP contribution in [0.4, 0.5) is 13.2 Å². The summed E-state index contributed by atoms with van der Waals surface area (Å²) >= 11 is 5.04. The second-order valence-corrected chi connectivity index (χ2v) is 1.89. The van der Waals surface area contributed by atoms with Crippen LogP contribution in [0.15, 0.2) is 10.6 Å². The Hall–Kier alpha value is -0.710. The molecule has 0 spiro atoms. The molecule has 0 saturated heterocycles. The molecule has 1 aromatic rings. The Balaban J connectivity index is 2.96. The summed E-state index contributed by atoms with van der Waals surface area (Å²) in [5.41, 5.74) is -1.11. The van der Waals surface area contributed by atoms with Gasteiger partial charge in [0.1, 0.15) is 0 Å². The molecule has 0 aromatic carbocycles. The monoisotopic (exact) mass is 171 g/mol. The van der Waals surface area contributed by atoms with Gasteiger partial charge in [0.25, 0.3) is 0 Å². The summed E-state index contributed by atoms with van der Waals surface area (Å²) in [4.78, 5) is 0. The van der Waals surface area contributed by atoms with Crippen molar-refractivity contribution >= 4 is 11.6 Å². The molecule has 0 bridgehead atoms. The topological polar surface area (TPSA) is 26.0 Å². The van der Waals surface area contributed by atoms with Crippen LogP contribution in [-0.2, 0) is 6.18 Å². The van der Waals surface area contributed by atoms with Crippen LogP contribution in [-0.4, -0.2) is 5.16 Å². The van der Waals surface area contributed by atoms with E-state index in [1.54, 1.807) is 0 Å². The van der Waals surface area contributed by atoms with Gasteiger partial charge in [-0.15, -0.1) is 0 Å². The highest BCUT2D eigenvalue weighted by molar-refractivity contribution is 6.28. The molecule has 0 fully saturated rings. The predicted octanol–water partition coefficient (Wildman–Crippen LogP) is 2.35. The van der Waals surface area contributed by atoms with Gasteiger partial charge in [0.2, 0.25) is 5.22 Å². The van der Waals surface area contributed by atoms with E-state index < -0.39 is 11.9 Å². The maximum atomic E-state index is 11.6. The van der Waals surface area contributed by atoms with Gasteiger partial charge in [-0.3, -0.25) is 0 Å². The third-order valence-corrected chi connectivity index (χ3v) is 0.950. The number of aromatic nitrogens is 1. The number of nitrogens with zero attached hydrogens (tertiary/aromatic N) is 1. The average Bonchev–Trinajstić information content (AvgIpc) is 2.11. The lowest BCUT2D eigenvalue weighted by Gasteiger charge is -1.96. The van der Waals surface area contributed by atoms with E-state index in [2.05, 4.69) is 9.68 Å². The van der Waals surface area contributed by atoms with Gasteiger partial charge >= 0.3 is 6.18 Å². The van der Waals surface area contributed by atoms with Crippen molar-refractivity contribution in [3.63, 3.8) is 0 Å². The standard InChI is InChI=1S/C4HClF3NO/c5-3-1-2(9-10-3)4(6,7)8/h1H. The van der Waals surface area contributed by atoms with Crippen molar-refractivity contribution in [2.24, 2.45) is 0 Å². The van der Waals surface area contributed by atoms with Crippen molar-refractivity contribution in [3.8, 4) is 0 Å². The van der Waals surface area contributed by atoms with Crippen LogP contribution in [0.5, 0.6) is 0 Å². The summed E-state index contributed by atoms with van der Waals surface area (Å²) in [6, 6.07) is 0.613. The quantitative estimate of drug-likeness (QED) is 0.599. The van der Waals surface area contributed by atoms with Gasteiger partial charge in [-0.25, -0.2) is 0 Å². The lowest BCUT2D eigenvalue weighted by molar-refractivity contribution is -0.142. The lowest BCUT2D eigenvalue weighted by atomic mass is 10.4. The molecule has 6 heteroatoms. The Morgan fingerprint density at radius 3 is 2.30 bits per heavy atom. The molecule has 0 unspecified atom stereocenters. The fourth-order valence-corrected chi connectivity index (χ4v) is 0.524. The molecule has 0 aliphatic heterocycles. The van der Waals surface area contributed by atoms with Crippen LogP contribution in [0.2, 0.25) is 5.22 Å². The molecule has 1 rings (SSSR count). The van der Waals surface area contributed by atoms with Crippen LogP contribution in [0.3, 0.4) is 0 Å². The molecule has 0 saturated carbocycles. The third kappa shape index (κ3) is 1.41. The van der Waals surface area contributed by atoms with Crippen molar-refractivity contribution in [1.29, 1.82) is 0 Å². The zero-order valence-corrected chi connectivity index (χ0v) is 5.20. The van der Waals surface area contributed by atoms with Gasteiger partial charge in [0.15, 0.2) is 5.69 Å². The lowest BCUT2D eigenvalue weighted by Crippen LogP contribution is -2.04. The summed E-state index contributed by atoms with van der Waals surface area (Å²) in [6.07, 6.45) is -4.48. The number of rotatable bonds is 0. The Morgan fingerprint density at radius 2 is 2.10 bits per heavy atom. The van der Waals surface area contributed by atoms with Gasteiger partial charge in [0, 0.05) is 6.07 Å². The molecular formula is C4HClF3NO. The zero-order chi connectivity index (χ0) is 7.78. The molecule has 2 nitrogen and oxygen atoms in total. The molecule has 0 radical (unpaired) electrons. The van der Waals surface area contributed by atoms with Crippen molar-refractivity contribution in [2.75, 3.05) is 0 Å². The van der Waals surface area contributed by atoms with Crippen LogP contribution in [0.25, 0.3) is 0 Å². The van der Waals surface area contributed by atoms with Crippen molar-refractivity contribution < 1.29 is 17.7 Å². The number of halogens is 4. The van der Waals surface area contributed by atoms with Crippen molar-refractivity contribution in [2.45, 2.75) is 6.18 Å². The number of hydrogen-bond acceptors (Lipinski definition) is 2. The van der Waals surface area contributed by atoms with E-state index in [1.165, 1.54) is 0 Å². The van der Waals surface area contributed by atoms with Crippen LogP contribution < -0.4 is 0 Å². The summed E-state index contributed by atoms with van der Waals surface area (Å²) in [6.45, 7) is 0. The highest BCUT2D eigenvalue weighted by Crippen LogP contribution is 2.29. The molecule has 10 heavy (non-hydrogen) atoms. The zero-order valence-electron chi connectivity index (χ0n) is 4.44. The van der Waals surface area contributed by atoms with Crippen molar-refractivity contribution in [1.82, 2.24) is 5.16 Å².